The predicted molar refractivity (Wildman–Crippen MR) is 56.2 cm³/mol. The molecule has 1 aliphatic rings. The molecule has 0 aromatic carbocycles. The van der Waals surface area contributed by atoms with Crippen LogP contribution in [0.3, 0.4) is 0 Å². The number of rotatable bonds is 5. The summed E-state index contributed by atoms with van der Waals surface area (Å²) in [5.41, 5.74) is 0.670. The summed E-state index contributed by atoms with van der Waals surface area (Å²) in [5, 5.41) is 22.6. The van der Waals surface area contributed by atoms with Crippen LogP contribution in [0.15, 0.2) is 12.3 Å². The maximum atomic E-state index is 9.60. The SMILES string of the molecule is OCC[C@H](O)c1ccn(CC2CCC2)n1. The molecule has 0 radical (unpaired) electrons. The molecule has 1 aliphatic carbocycles. The summed E-state index contributed by atoms with van der Waals surface area (Å²) < 4.78 is 1.90. The Morgan fingerprint density at radius 2 is 2.33 bits per heavy atom. The molecule has 1 atom stereocenters. The van der Waals surface area contributed by atoms with Gasteiger partial charge in [0, 0.05) is 25.8 Å². The standard InChI is InChI=1S/C11H18N2O2/c14-7-5-11(15)10-4-6-13(12-10)8-9-2-1-3-9/h4,6,9,11,14-15H,1-3,5,7-8H2/t11-/m0/s1. The quantitative estimate of drug-likeness (QED) is 0.765. The van der Waals surface area contributed by atoms with Crippen LogP contribution in [0.1, 0.15) is 37.5 Å². The van der Waals surface area contributed by atoms with Crippen LogP contribution in [0, 0.1) is 5.92 Å². The number of aromatic nitrogens is 2. The van der Waals surface area contributed by atoms with Gasteiger partial charge in [-0.15, -0.1) is 0 Å². The molecule has 2 N–H and O–H groups in total. The summed E-state index contributed by atoms with van der Waals surface area (Å²) in [6.45, 7) is 0.961. The molecule has 0 aliphatic heterocycles. The number of aliphatic hydroxyl groups is 2. The van der Waals surface area contributed by atoms with E-state index in [0.717, 1.165) is 12.5 Å². The van der Waals surface area contributed by atoms with E-state index in [1.54, 1.807) is 0 Å². The highest BCUT2D eigenvalue weighted by Gasteiger charge is 2.18. The van der Waals surface area contributed by atoms with Crippen molar-refractivity contribution in [3.05, 3.63) is 18.0 Å². The second-order valence-corrected chi connectivity index (χ2v) is 4.29. The summed E-state index contributed by atoms with van der Waals surface area (Å²) in [4.78, 5) is 0. The van der Waals surface area contributed by atoms with Crippen molar-refractivity contribution in [2.24, 2.45) is 5.92 Å². The third kappa shape index (κ3) is 2.58. The highest BCUT2D eigenvalue weighted by Crippen LogP contribution is 2.27. The Balaban J connectivity index is 1.90. The summed E-state index contributed by atoms with van der Waals surface area (Å²) in [6, 6.07) is 1.83. The third-order valence-corrected chi connectivity index (χ3v) is 3.08. The van der Waals surface area contributed by atoms with Crippen LogP contribution < -0.4 is 0 Å². The van der Waals surface area contributed by atoms with Gasteiger partial charge in [0.1, 0.15) is 0 Å². The predicted octanol–water partition coefficient (Wildman–Crippen LogP) is 1.10. The van der Waals surface area contributed by atoms with E-state index in [-0.39, 0.29) is 6.61 Å². The zero-order chi connectivity index (χ0) is 10.7. The molecule has 1 saturated carbocycles. The van der Waals surface area contributed by atoms with Gasteiger partial charge in [0.2, 0.25) is 0 Å². The molecule has 4 nitrogen and oxygen atoms in total. The summed E-state index contributed by atoms with van der Waals surface area (Å²) in [6.07, 6.45) is 5.58. The van der Waals surface area contributed by atoms with E-state index in [4.69, 9.17) is 5.11 Å². The summed E-state index contributed by atoms with van der Waals surface area (Å²) in [5.74, 6) is 0.771. The van der Waals surface area contributed by atoms with Crippen LogP contribution in [0.5, 0.6) is 0 Å². The van der Waals surface area contributed by atoms with E-state index in [1.807, 2.05) is 16.9 Å². The van der Waals surface area contributed by atoms with Crippen molar-refractivity contribution in [2.75, 3.05) is 6.61 Å². The molecule has 1 aromatic rings. The Kier molecular flexibility index (Phi) is 3.38. The molecule has 1 aromatic heterocycles. The van der Waals surface area contributed by atoms with Gasteiger partial charge < -0.3 is 10.2 Å². The lowest BCUT2D eigenvalue weighted by atomic mass is 9.85. The van der Waals surface area contributed by atoms with E-state index in [9.17, 15) is 5.11 Å². The zero-order valence-electron chi connectivity index (χ0n) is 8.84. The highest BCUT2D eigenvalue weighted by molar-refractivity contribution is 5.02. The Hall–Kier alpha value is -0.870. The number of nitrogens with zero attached hydrogens (tertiary/aromatic N) is 2. The molecule has 0 bridgehead atoms. The van der Waals surface area contributed by atoms with Gasteiger partial charge in [0.25, 0.3) is 0 Å². The molecule has 0 amide bonds. The largest absolute Gasteiger partial charge is 0.396 e. The van der Waals surface area contributed by atoms with E-state index in [1.165, 1.54) is 19.3 Å². The zero-order valence-corrected chi connectivity index (χ0v) is 8.84. The topological polar surface area (TPSA) is 58.3 Å². The fourth-order valence-corrected chi connectivity index (χ4v) is 1.87. The first-order valence-electron chi connectivity index (χ1n) is 5.62. The molecular weight excluding hydrogens is 192 g/mol. The van der Waals surface area contributed by atoms with Crippen molar-refractivity contribution in [1.82, 2.24) is 9.78 Å². The van der Waals surface area contributed by atoms with Crippen LogP contribution in [0.4, 0.5) is 0 Å². The maximum Gasteiger partial charge on any atom is 0.1000 e. The Labute approximate surface area is 89.5 Å². The van der Waals surface area contributed by atoms with Crippen LogP contribution in [-0.4, -0.2) is 26.6 Å². The fourth-order valence-electron chi connectivity index (χ4n) is 1.87. The average Bonchev–Trinajstić information content (AvgIpc) is 2.60. The molecular formula is C11H18N2O2. The van der Waals surface area contributed by atoms with Gasteiger partial charge in [-0.1, -0.05) is 6.42 Å². The maximum absolute atomic E-state index is 9.60. The Morgan fingerprint density at radius 1 is 1.53 bits per heavy atom. The number of hydrogen-bond donors (Lipinski definition) is 2. The van der Waals surface area contributed by atoms with Crippen LogP contribution in [0.25, 0.3) is 0 Å². The van der Waals surface area contributed by atoms with Gasteiger partial charge >= 0.3 is 0 Å². The summed E-state index contributed by atoms with van der Waals surface area (Å²) >= 11 is 0. The minimum absolute atomic E-state index is 0.00332. The molecule has 1 heterocycles. The van der Waals surface area contributed by atoms with Gasteiger partial charge in [-0.3, -0.25) is 4.68 Å². The summed E-state index contributed by atoms with van der Waals surface area (Å²) in [7, 11) is 0. The first-order valence-corrected chi connectivity index (χ1v) is 5.62. The molecule has 0 spiro atoms. The van der Waals surface area contributed by atoms with Crippen LogP contribution in [-0.2, 0) is 6.54 Å². The molecule has 0 saturated heterocycles. The second kappa shape index (κ2) is 4.77. The van der Waals surface area contributed by atoms with Gasteiger partial charge in [0.05, 0.1) is 11.8 Å². The van der Waals surface area contributed by atoms with E-state index in [2.05, 4.69) is 5.10 Å². The number of aliphatic hydroxyl groups excluding tert-OH is 2. The lowest BCUT2D eigenvalue weighted by molar-refractivity contribution is 0.129. The van der Waals surface area contributed by atoms with Crippen molar-refractivity contribution in [2.45, 2.75) is 38.3 Å². The highest BCUT2D eigenvalue weighted by atomic mass is 16.3. The minimum Gasteiger partial charge on any atom is -0.396 e. The van der Waals surface area contributed by atoms with E-state index in [0.29, 0.717) is 12.1 Å². The molecule has 2 rings (SSSR count). The second-order valence-electron chi connectivity index (χ2n) is 4.29. The first-order chi connectivity index (χ1) is 7.29. The fraction of sp³-hybridized carbons (Fsp3) is 0.727. The number of hydrogen-bond acceptors (Lipinski definition) is 3. The lowest BCUT2D eigenvalue weighted by Crippen LogP contribution is -2.18. The third-order valence-electron chi connectivity index (χ3n) is 3.08. The average molecular weight is 210 g/mol. The van der Waals surface area contributed by atoms with Crippen molar-refractivity contribution in [1.29, 1.82) is 0 Å². The Bertz CT molecular complexity index is 307. The molecule has 84 valence electrons. The van der Waals surface area contributed by atoms with Gasteiger partial charge in [0.15, 0.2) is 0 Å². The Morgan fingerprint density at radius 3 is 2.93 bits per heavy atom. The van der Waals surface area contributed by atoms with Gasteiger partial charge in [-0.05, 0) is 24.8 Å². The first kappa shape index (κ1) is 10.6. The smallest absolute Gasteiger partial charge is 0.1000 e. The van der Waals surface area contributed by atoms with Crippen LogP contribution >= 0.6 is 0 Å². The van der Waals surface area contributed by atoms with E-state index < -0.39 is 6.10 Å². The van der Waals surface area contributed by atoms with Gasteiger partial charge in [-0.25, -0.2) is 0 Å². The van der Waals surface area contributed by atoms with Crippen molar-refractivity contribution in [3.63, 3.8) is 0 Å². The van der Waals surface area contributed by atoms with E-state index >= 15 is 0 Å². The molecule has 4 heteroatoms. The molecule has 0 unspecified atom stereocenters. The molecule has 15 heavy (non-hydrogen) atoms. The minimum atomic E-state index is -0.627. The van der Waals surface area contributed by atoms with Crippen molar-refractivity contribution >= 4 is 0 Å². The lowest BCUT2D eigenvalue weighted by Gasteiger charge is -2.24. The molecule has 1 fully saturated rings. The van der Waals surface area contributed by atoms with Crippen LogP contribution in [0.2, 0.25) is 0 Å². The van der Waals surface area contributed by atoms with Crippen molar-refractivity contribution < 1.29 is 10.2 Å². The monoisotopic (exact) mass is 210 g/mol. The van der Waals surface area contributed by atoms with Gasteiger partial charge in [-0.2, -0.15) is 5.10 Å². The van der Waals surface area contributed by atoms with Crippen molar-refractivity contribution in [3.8, 4) is 0 Å². The normalized spacial score (nSPS) is 18.8.